The van der Waals surface area contributed by atoms with Gasteiger partial charge >= 0.3 is 0 Å². The molecule has 1 heterocycles. The van der Waals surface area contributed by atoms with E-state index in [0.29, 0.717) is 30.0 Å². The fraction of sp³-hybridized carbons (Fsp3) is 0.385. The Balaban J connectivity index is 2.30. The van der Waals surface area contributed by atoms with Crippen LogP contribution < -0.4 is 9.64 Å². The van der Waals surface area contributed by atoms with E-state index in [1.54, 1.807) is 18.2 Å². The Kier molecular flexibility index (Phi) is 3.47. The number of benzene rings is 1. The zero-order chi connectivity index (χ0) is 13.1. The van der Waals surface area contributed by atoms with Crippen molar-refractivity contribution < 1.29 is 13.9 Å². The minimum atomic E-state index is -0.652. The minimum Gasteiger partial charge on any atom is -0.496 e. The van der Waals surface area contributed by atoms with E-state index in [1.165, 1.54) is 12.0 Å². The molecule has 18 heavy (non-hydrogen) atoms. The third-order valence-electron chi connectivity index (χ3n) is 3.08. The highest BCUT2D eigenvalue weighted by molar-refractivity contribution is 5.98. The molecule has 1 aromatic carbocycles. The van der Waals surface area contributed by atoms with E-state index in [9.17, 15) is 9.18 Å². The van der Waals surface area contributed by atoms with Crippen molar-refractivity contribution in [1.29, 1.82) is 5.26 Å². The molecule has 0 aromatic heterocycles. The number of halogens is 1. The number of hydrogen-bond acceptors (Lipinski definition) is 3. The van der Waals surface area contributed by atoms with Crippen molar-refractivity contribution in [3.8, 4) is 11.8 Å². The summed E-state index contributed by atoms with van der Waals surface area (Å²) in [5, 5.41) is 8.81. The van der Waals surface area contributed by atoms with Crippen molar-refractivity contribution in [3.63, 3.8) is 0 Å². The SMILES string of the molecule is COc1ccc(N2CCC(C#N)C2=O)cc1CF. The molecule has 0 spiro atoms. The molecular weight excluding hydrogens is 235 g/mol. The Hall–Kier alpha value is -2.09. The largest absolute Gasteiger partial charge is 0.496 e. The van der Waals surface area contributed by atoms with E-state index in [0.717, 1.165) is 0 Å². The van der Waals surface area contributed by atoms with Crippen LogP contribution in [-0.4, -0.2) is 19.6 Å². The molecule has 1 amide bonds. The van der Waals surface area contributed by atoms with Gasteiger partial charge in [0.05, 0.1) is 13.2 Å². The zero-order valence-electron chi connectivity index (χ0n) is 10.0. The summed E-state index contributed by atoms with van der Waals surface area (Å²) in [5.41, 5.74) is 1.02. The molecule has 1 aliphatic heterocycles. The molecule has 4 nitrogen and oxygen atoms in total. The van der Waals surface area contributed by atoms with Gasteiger partial charge in [0, 0.05) is 17.8 Å². The molecule has 2 rings (SSSR count). The number of nitriles is 1. The smallest absolute Gasteiger partial charge is 0.244 e. The van der Waals surface area contributed by atoms with E-state index in [-0.39, 0.29) is 5.91 Å². The van der Waals surface area contributed by atoms with Gasteiger partial charge in [-0.2, -0.15) is 5.26 Å². The first-order chi connectivity index (χ1) is 8.71. The Morgan fingerprint density at radius 2 is 2.39 bits per heavy atom. The van der Waals surface area contributed by atoms with Gasteiger partial charge in [-0.3, -0.25) is 4.79 Å². The summed E-state index contributed by atoms with van der Waals surface area (Å²) in [5.74, 6) is -0.335. The van der Waals surface area contributed by atoms with Crippen LogP contribution in [0.1, 0.15) is 12.0 Å². The van der Waals surface area contributed by atoms with Crippen LogP contribution in [0.3, 0.4) is 0 Å². The average Bonchev–Trinajstić information content (AvgIpc) is 2.79. The van der Waals surface area contributed by atoms with Crippen LogP contribution in [0.25, 0.3) is 0 Å². The minimum absolute atomic E-state index is 0.215. The average molecular weight is 248 g/mol. The number of carbonyl (C=O) groups excluding carboxylic acids is 1. The van der Waals surface area contributed by atoms with Crippen LogP contribution >= 0.6 is 0 Å². The molecule has 1 fully saturated rings. The number of alkyl halides is 1. The van der Waals surface area contributed by atoms with Crippen LogP contribution in [0, 0.1) is 17.2 Å². The maximum Gasteiger partial charge on any atom is 0.244 e. The van der Waals surface area contributed by atoms with E-state index in [2.05, 4.69) is 0 Å². The lowest BCUT2D eigenvalue weighted by Crippen LogP contribution is -2.26. The molecule has 0 aliphatic carbocycles. The predicted molar refractivity (Wildman–Crippen MR) is 63.9 cm³/mol. The second-order valence-electron chi connectivity index (χ2n) is 4.09. The summed E-state index contributed by atoms with van der Waals surface area (Å²) in [6, 6.07) is 6.91. The van der Waals surface area contributed by atoms with Crippen LogP contribution in [0.15, 0.2) is 18.2 Å². The van der Waals surface area contributed by atoms with Crippen LogP contribution in [0.5, 0.6) is 5.75 Å². The third kappa shape index (κ3) is 2.02. The maximum absolute atomic E-state index is 12.8. The molecule has 1 saturated heterocycles. The number of ether oxygens (including phenoxy) is 1. The molecule has 1 unspecified atom stereocenters. The van der Waals surface area contributed by atoms with Crippen molar-refractivity contribution >= 4 is 11.6 Å². The van der Waals surface area contributed by atoms with Crippen LogP contribution in [-0.2, 0) is 11.5 Å². The van der Waals surface area contributed by atoms with E-state index >= 15 is 0 Å². The molecule has 0 radical (unpaired) electrons. The highest BCUT2D eigenvalue weighted by Gasteiger charge is 2.32. The molecule has 1 aliphatic rings. The summed E-state index contributed by atoms with van der Waals surface area (Å²) >= 11 is 0. The van der Waals surface area contributed by atoms with E-state index in [4.69, 9.17) is 10.00 Å². The highest BCUT2D eigenvalue weighted by atomic mass is 19.1. The molecule has 1 atom stereocenters. The monoisotopic (exact) mass is 248 g/mol. The predicted octanol–water partition coefficient (Wildman–Crippen LogP) is 2.04. The summed E-state index contributed by atoms with van der Waals surface area (Å²) in [6.45, 7) is -0.157. The van der Waals surface area contributed by atoms with Crippen molar-refractivity contribution in [3.05, 3.63) is 23.8 Å². The number of amides is 1. The topological polar surface area (TPSA) is 53.3 Å². The molecule has 0 N–H and O–H groups in total. The summed E-state index contributed by atoms with van der Waals surface area (Å²) < 4.78 is 17.9. The fourth-order valence-corrected chi connectivity index (χ4v) is 2.09. The molecule has 94 valence electrons. The van der Waals surface area contributed by atoms with E-state index < -0.39 is 12.6 Å². The second-order valence-corrected chi connectivity index (χ2v) is 4.09. The normalized spacial score (nSPS) is 18.8. The number of nitrogens with zero attached hydrogens (tertiary/aromatic N) is 2. The quantitative estimate of drug-likeness (QED) is 0.822. The summed E-state index contributed by atoms with van der Waals surface area (Å²) in [4.78, 5) is 13.4. The fourth-order valence-electron chi connectivity index (χ4n) is 2.09. The van der Waals surface area contributed by atoms with Gasteiger partial charge in [0.25, 0.3) is 0 Å². The second kappa shape index (κ2) is 5.05. The first-order valence-electron chi connectivity index (χ1n) is 5.65. The Morgan fingerprint density at radius 3 is 2.94 bits per heavy atom. The van der Waals surface area contributed by atoms with Gasteiger partial charge in [-0.05, 0) is 24.6 Å². The standard InChI is InChI=1S/C13H13FN2O2/c1-18-12-3-2-11(6-10(12)7-14)16-5-4-9(8-15)13(16)17/h2-3,6,9H,4-5,7H2,1H3. The molecule has 1 aromatic rings. The van der Waals surface area contributed by atoms with Crippen LogP contribution in [0.2, 0.25) is 0 Å². The number of methoxy groups -OCH3 is 1. The van der Waals surface area contributed by atoms with Gasteiger partial charge in [-0.1, -0.05) is 0 Å². The molecule has 0 saturated carbocycles. The van der Waals surface area contributed by atoms with Gasteiger partial charge < -0.3 is 9.64 Å². The molecular formula is C13H13FN2O2. The first kappa shape index (κ1) is 12.4. The van der Waals surface area contributed by atoms with Gasteiger partial charge in [-0.25, -0.2) is 4.39 Å². The Labute approximate surface area is 105 Å². The summed E-state index contributed by atoms with van der Waals surface area (Å²) in [7, 11) is 1.47. The van der Waals surface area contributed by atoms with Crippen molar-refractivity contribution in [2.45, 2.75) is 13.1 Å². The lowest BCUT2D eigenvalue weighted by molar-refractivity contribution is -0.118. The maximum atomic E-state index is 12.8. The number of hydrogen-bond donors (Lipinski definition) is 0. The van der Waals surface area contributed by atoms with Gasteiger partial charge in [0.1, 0.15) is 18.3 Å². The zero-order valence-corrected chi connectivity index (χ0v) is 10.0. The Bertz CT molecular complexity index is 510. The van der Waals surface area contributed by atoms with Crippen molar-refractivity contribution in [2.75, 3.05) is 18.6 Å². The first-order valence-corrected chi connectivity index (χ1v) is 5.65. The van der Waals surface area contributed by atoms with Crippen LogP contribution in [0.4, 0.5) is 10.1 Å². The van der Waals surface area contributed by atoms with Crippen molar-refractivity contribution in [2.24, 2.45) is 5.92 Å². The van der Waals surface area contributed by atoms with Crippen molar-refractivity contribution in [1.82, 2.24) is 0 Å². The van der Waals surface area contributed by atoms with Gasteiger partial charge in [0.15, 0.2) is 0 Å². The number of carbonyl (C=O) groups is 1. The molecule has 5 heteroatoms. The lowest BCUT2D eigenvalue weighted by atomic mass is 10.1. The van der Waals surface area contributed by atoms with E-state index in [1.807, 2.05) is 6.07 Å². The lowest BCUT2D eigenvalue weighted by Gasteiger charge is -2.17. The third-order valence-corrected chi connectivity index (χ3v) is 3.08. The van der Waals surface area contributed by atoms with Gasteiger partial charge in [-0.15, -0.1) is 0 Å². The number of rotatable bonds is 3. The highest BCUT2D eigenvalue weighted by Crippen LogP contribution is 2.29. The number of anilines is 1. The molecule has 0 bridgehead atoms. The summed E-state index contributed by atoms with van der Waals surface area (Å²) in [6.07, 6.45) is 0.520. The van der Waals surface area contributed by atoms with Gasteiger partial charge in [0.2, 0.25) is 5.91 Å². The Morgan fingerprint density at radius 1 is 1.61 bits per heavy atom.